The van der Waals surface area contributed by atoms with Crippen molar-refractivity contribution < 1.29 is 19.5 Å². The number of hydrogen-bond acceptors (Lipinski definition) is 6. The molecule has 0 bridgehead atoms. The van der Waals surface area contributed by atoms with Crippen LogP contribution < -0.4 is 10.6 Å². The molecular formula is C23H17ClN4O4S. The Labute approximate surface area is 197 Å². The van der Waals surface area contributed by atoms with Crippen molar-refractivity contribution in [3.63, 3.8) is 0 Å². The number of carbonyl (C=O) groups is 3. The molecule has 1 aromatic heterocycles. The Morgan fingerprint density at radius 1 is 1.12 bits per heavy atom. The molecule has 0 saturated heterocycles. The summed E-state index contributed by atoms with van der Waals surface area (Å²) in [6.07, 6.45) is 3.09. The molecule has 8 nitrogen and oxygen atoms in total. The molecule has 33 heavy (non-hydrogen) atoms. The van der Waals surface area contributed by atoms with E-state index >= 15 is 0 Å². The molecule has 3 N–H and O–H groups in total. The summed E-state index contributed by atoms with van der Waals surface area (Å²) in [5.74, 6) is -1.85. The maximum absolute atomic E-state index is 12.4. The molecule has 0 fully saturated rings. The molecule has 10 heteroatoms. The van der Waals surface area contributed by atoms with Gasteiger partial charge in [-0.3, -0.25) is 19.4 Å². The molecule has 0 spiro atoms. The van der Waals surface area contributed by atoms with Gasteiger partial charge in [0.05, 0.1) is 27.6 Å². The van der Waals surface area contributed by atoms with E-state index in [0.717, 1.165) is 16.5 Å². The number of carbonyl (C=O) groups excluding carboxylic acids is 2. The summed E-state index contributed by atoms with van der Waals surface area (Å²) in [6.45, 7) is 0. The third kappa shape index (κ3) is 5.76. The number of aromatic nitrogens is 1. The van der Waals surface area contributed by atoms with Gasteiger partial charge < -0.3 is 15.7 Å². The zero-order chi connectivity index (χ0) is 23.4. The van der Waals surface area contributed by atoms with Crippen LogP contribution in [-0.2, 0) is 14.4 Å². The highest BCUT2D eigenvalue weighted by atomic mass is 35.5. The Hall–Kier alpha value is -3.69. The van der Waals surface area contributed by atoms with Crippen LogP contribution in [0.1, 0.15) is 18.4 Å². The van der Waals surface area contributed by atoms with E-state index in [-0.39, 0.29) is 18.7 Å². The van der Waals surface area contributed by atoms with Gasteiger partial charge in [-0.1, -0.05) is 23.7 Å². The average Bonchev–Trinajstić information content (AvgIpc) is 3.13. The Morgan fingerprint density at radius 3 is 2.79 bits per heavy atom. The largest absolute Gasteiger partial charge is 0.481 e. The minimum atomic E-state index is -1.05. The van der Waals surface area contributed by atoms with E-state index in [1.807, 2.05) is 30.3 Å². The maximum Gasteiger partial charge on any atom is 0.303 e. The summed E-state index contributed by atoms with van der Waals surface area (Å²) < 4.78 is 0. The van der Waals surface area contributed by atoms with Crippen LogP contribution in [0, 0.1) is 0 Å². The van der Waals surface area contributed by atoms with Gasteiger partial charge in [0.25, 0.3) is 5.91 Å². The predicted octanol–water partition coefficient (Wildman–Crippen LogP) is 4.77. The number of nitrogens with one attached hydrogen (secondary N) is 2. The van der Waals surface area contributed by atoms with E-state index in [4.69, 9.17) is 16.7 Å². The average molecular weight is 481 g/mol. The summed E-state index contributed by atoms with van der Waals surface area (Å²) in [5.41, 5.74) is 2.61. The number of aliphatic imine (C=N–C) groups is 1. The Kier molecular flexibility index (Phi) is 6.71. The maximum atomic E-state index is 12.4. The van der Waals surface area contributed by atoms with Crippen molar-refractivity contribution in [1.29, 1.82) is 0 Å². The zero-order valence-electron chi connectivity index (χ0n) is 17.0. The van der Waals surface area contributed by atoms with E-state index in [0.29, 0.717) is 26.5 Å². The summed E-state index contributed by atoms with van der Waals surface area (Å²) in [5, 5.41) is 16.0. The zero-order valence-corrected chi connectivity index (χ0v) is 18.6. The lowest BCUT2D eigenvalue weighted by molar-refractivity contribution is -0.138. The van der Waals surface area contributed by atoms with Crippen molar-refractivity contribution in [1.82, 2.24) is 4.98 Å². The SMILES string of the molecule is O=C(O)CCC(=O)Nc1ccc(Cl)c(NC2=NC(=O)/C(=C/c3ccc4ncccc4c3)S2)c1. The molecule has 0 saturated carbocycles. The van der Waals surface area contributed by atoms with Gasteiger partial charge in [0.1, 0.15) is 0 Å². The number of anilines is 2. The molecule has 2 heterocycles. The number of benzene rings is 2. The van der Waals surface area contributed by atoms with E-state index in [1.54, 1.807) is 30.5 Å². The molecule has 0 unspecified atom stereocenters. The van der Waals surface area contributed by atoms with Gasteiger partial charge in [-0.25, -0.2) is 0 Å². The van der Waals surface area contributed by atoms with Gasteiger partial charge in [0.15, 0.2) is 5.17 Å². The van der Waals surface area contributed by atoms with Crippen LogP contribution >= 0.6 is 23.4 Å². The van der Waals surface area contributed by atoms with E-state index in [9.17, 15) is 14.4 Å². The van der Waals surface area contributed by atoms with Crippen molar-refractivity contribution in [2.75, 3.05) is 10.6 Å². The van der Waals surface area contributed by atoms with Crippen LogP contribution in [-0.4, -0.2) is 33.0 Å². The third-order valence-electron chi connectivity index (χ3n) is 4.60. The van der Waals surface area contributed by atoms with E-state index < -0.39 is 11.9 Å². The monoisotopic (exact) mass is 480 g/mol. The summed E-state index contributed by atoms with van der Waals surface area (Å²) in [7, 11) is 0. The van der Waals surface area contributed by atoms with Gasteiger partial charge in [-0.2, -0.15) is 4.99 Å². The lowest BCUT2D eigenvalue weighted by atomic mass is 10.1. The number of carboxylic acids is 1. The lowest BCUT2D eigenvalue weighted by Crippen LogP contribution is -2.13. The molecule has 2 amide bonds. The number of nitrogens with zero attached hydrogens (tertiary/aromatic N) is 2. The first-order chi connectivity index (χ1) is 15.9. The van der Waals surface area contributed by atoms with Crippen molar-refractivity contribution in [3.05, 3.63) is 70.2 Å². The Morgan fingerprint density at radius 2 is 1.97 bits per heavy atom. The summed E-state index contributed by atoms with van der Waals surface area (Å²) >= 11 is 7.43. The van der Waals surface area contributed by atoms with Crippen LogP contribution in [0.2, 0.25) is 5.02 Å². The first-order valence-corrected chi connectivity index (χ1v) is 11.0. The number of thioether (sulfide) groups is 1. The number of carboxylic acid groups (broad SMARTS) is 1. The molecule has 4 rings (SSSR count). The molecule has 0 atom stereocenters. The fourth-order valence-corrected chi connectivity index (χ4v) is 4.05. The molecular weight excluding hydrogens is 464 g/mol. The number of halogens is 1. The summed E-state index contributed by atoms with van der Waals surface area (Å²) in [6, 6.07) is 14.3. The molecule has 166 valence electrons. The number of hydrogen-bond donors (Lipinski definition) is 3. The van der Waals surface area contributed by atoms with Gasteiger partial charge in [0, 0.05) is 23.7 Å². The van der Waals surface area contributed by atoms with Crippen LogP contribution in [0.3, 0.4) is 0 Å². The van der Waals surface area contributed by atoms with Gasteiger partial charge in [0.2, 0.25) is 5.91 Å². The molecule has 0 radical (unpaired) electrons. The molecule has 1 aliphatic rings. The Bertz CT molecular complexity index is 1340. The standard InChI is InChI=1S/C23H17ClN4O4S/c24-16-5-4-15(26-20(29)7-8-21(30)31)12-18(16)27-23-28-22(32)19(33-23)11-13-3-6-17-14(10-13)2-1-9-25-17/h1-6,9-12H,7-8H2,(H,26,29)(H,30,31)(H,27,28,32)/b19-11-. The Balaban J connectivity index is 1.45. The first kappa shape index (κ1) is 22.5. The molecule has 1 aliphatic heterocycles. The van der Waals surface area contributed by atoms with Gasteiger partial charge in [-0.15, -0.1) is 0 Å². The topological polar surface area (TPSA) is 121 Å². The van der Waals surface area contributed by atoms with Crippen LogP contribution in [0.15, 0.2) is 64.6 Å². The smallest absolute Gasteiger partial charge is 0.303 e. The molecule has 2 aromatic carbocycles. The van der Waals surface area contributed by atoms with Crippen molar-refractivity contribution >= 4 is 74.7 Å². The second-order valence-corrected chi connectivity index (χ2v) is 8.49. The normalized spacial score (nSPS) is 14.4. The minimum Gasteiger partial charge on any atom is -0.481 e. The first-order valence-electron chi connectivity index (χ1n) is 9.83. The molecule has 0 aliphatic carbocycles. The van der Waals surface area contributed by atoms with Gasteiger partial charge in [-0.05, 0) is 59.8 Å². The number of aliphatic carboxylic acids is 1. The minimum absolute atomic E-state index is 0.142. The highest BCUT2D eigenvalue weighted by Gasteiger charge is 2.22. The van der Waals surface area contributed by atoms with Crippen molar-refractivity contribution in [2.45, 2.75) is 12.8 Å². The van der Waals surface area contributed by atoms with Crippen LogP contribution in [0.25, 0.3) is 17.0 Å². The second kappa shape index (κ2) is 9.85. The fraction of sp³-hybridized carbons (Fsp3) is 0.0870. The van der Waals surface area contributed by atoms with E-state index in [2.05, 4.69) is 20.6 Å². The molecule has 3 aromatic rings. The van der Waals surface area contributed by atoms with Crippen LogP contribution in [0.5, 0.6) is 0 Å². The highest BCUT2D eigenvalue weighted by Crippen LogP contribution is 2.32. The predicted molar refractivity (Wildman–Crippen MR) is 130 cm³/mol. The summed E-state index contributed by atoms with van der Waals surface area (Å²) in [4.78, 5) is 43.7. The number of rotatable bonds is 6. The number of fused-ring (bicyclic) bond motifs is 1. The lowest BCUT2D eigenvalue weighted by Gasteiger charge is -2.10. The third-order valence-corrected chi connectivity index (χ3v) is 5.83. The highest BCUT2D eigenvalue weighted by molar-refractivity contribution is 8.18. The quantitative estimate of drug-likeness (QED) is 0.434. The number of pyridine rings is 1. The van der Waals surface area contributed by atoms with Gasteiger partial charge >= 0.3 is 5.97 Å². The van der Waals surface area contributed by atoms with Crippen molar-refractivity contribution in [3.8, 4) is 0 Å². The van der Waals surface area contributed by atoms with Crippen LogP contribution in [0.4, 0.5) is 11.4 Å². The number of amidine groups is 1. The second-order valence-electron chi connectivity index (χ2n) is 7.05. The number of amides is 2. The van der Waals surface area contributed by atoms with E-state index in [1.165, 1.54) is 11.8 Å². The van der Waals surface area contributed by atoms with Crippen molar-refractivity contribution in [2.24, 2.45) is 4.99 Å². The fourth-order valence-electron chi connectivity index (χ4n) is 3.06.